The predicted octanol–water partition coefficient (Wildman–Crippen LogP) is 2.40. The molecule has 2 heterocycles. The van der Waals surface area contributed by atoms with Gasteiger partial charge in [-0.3, -0.25) is 9.69 Å². The van der Waals surface area contributed by atoms with Crippen molar-refractivity contribution in [2.24, 2.45) is 0 Å². The van der Waals surface area contributed by atoms with Crippen molar-refractivity contribution in [1.29, 1.82) is 0 Å². The number of carbonyl (C=O) groups excluding carboxylic acids is 1. The van der Waals surface area contributed by atoms with Crippen LogP contribution < -0.4 is 4.90 Å². The standard InChI is InChI=1S/C13H10ClFN2O4S/c14-9-3-1-8(2-4-9)11-6-13(21-16-11)17-7-10(5-12(17)18)22(15,19)20/h1-4,6,10H,5,7H2. The Morgan fingerprint density at radius 3 is 2.59 bits per heavy atom. The maximum Gasteiger partial charge on any atom is 0.307 e. The minimum absolute atomic E-state index is 0.0844. The van der Waals surface area contributed by atoms with Crippen LogP contribution >= 0.6 is 11.6 Å². The molecule has 3 rings (SSSR count). The highest BCUT2D eigenvalue weighted by Crippen LogP contribution is 2.29. The van der Waals surface area contributed by atoms with E-state index in [-0.39, 0.29) is 12.4 Å². The Labute approximate surface area is 130 Å². The van der Waals surface area contributed by atoms with Crippen molar-refractivity contribution in [3.05, 3.63) is 35.4 Å². The number of hydrogen-bond acceptors (Lipinski definition) is 5. The molecule has 1 aromatic carbocycles. The van der Waals surface area contributed by atoms with Crippen molar-refractivity contribution >= 4 is 33.6 Å². The molecule has 1 amide bonds. The summed E-state index contributed by atoms with van der Waals surface area (Å²) in [5.74, 6) is -0.439. The van der Waals surface area contributed by atoms with Crippen LogP contribution in [0.5, 0.6) is 0 Å². The quantitative estimate of drug-likeness (QED) is 0.799. The lowest BCUT2D eigenvalue weighted by atomic mass is 10.1. The Morgan fingerprint density at radius 2 is 2.00 bits per heavy atom. The molecule has 0 radical (unpaired) electrons. The van der Waals surface area contributed by atoms with E-state index in [9.17, 15) is 17.1 Å². The van der Waals surface area contributed by atoms with Crippen molar-refractivity contribution in [1.82, 2.24) is 5.16 Å². The highest BCUT2D eigenvalue weighted by Gasteiger charge is 2.40. The van der Waals surface area contributed by atoms with Gasteiger partial charge in [0.15, 0.2) is 0 Å². The second-order valence-corrected chi connectivity index (χ2v) is 6.92. The minimum Gasteiger partial charge on any atom is -0.338 e. The van der Waals surface area contributed by atoms with E-state index in [0.717, 1.165) is 10.5 Å². The number of nitrogens with zero attached hydrogens (tertiary/aromatic N) is 2. The van der Waals surface area contributed by atoms with Gasteiger partial charge in [0.1, 0.15) is 10.9 Å². The first-order valence-electron chi connectivity index (χ1n) is 6.31. The molecule has 1 saturated heterocycles. The van der Waals surface area contributed by atoms with Crippen LogP contribution in [0, 0.1) is 0 Å². The number of anilines is 1. The molecule has 1 aliphatic heterocycles. The molecule has 6 nitrogen and oxygen atoms in total. The van der Waals surface area contributed by atoms with Gasteiger partial charge in [-0.15, -0.1) is 3.89 Å². The van der Waals surface area contributed by atoms with E-state index in [2.05, 4.69) is 5.16 Å². The van der Waals surface area contributed by atoms with Crippen LogP contribution in [0.25, 0.3) is 11.3 Å². The third-order valence-electron chi connectivity index (χ3n) is 3.39. The molecular formula is C13H10ClFN2O4S. The van der Waals surface area contributed by atoms with Gasteiger partial charge in [-0.05, 0) is 12.1 Å². The number of halogens is 2. The molecule has 0 aliphatic carbocycles. The number of hydrogen-bond donors (Lipinski definition) is 0. The Hall–Kier alpha value is -1.93. The first-order chi connectivity index (χ1) is 10.3. The lowest BCUT2D eigenvalue weighted by Gasteiger charge is -2.10. The van der Waals surface area contributed by atoms with E-state index >= 15 is 0 Å². The second-order valence-electron chi connectivity index (χ2n) is 4.86. The molecule has 116 valence electrons. The van der Waals surface area contributed by atoms with Gasteiger partial charge in [-0.2, -0.15) is 8.42 Å². The summed E-state index contributed by atoms with van der Waals surface area (Å²) in [6.45, 7) is -0.285. The summed E-state index contributed by atoms with van der Waals surface area (Å²) in [6, 6.07) is 8.31. The van der Waals surface area contributed by atoms with E-state index in [4.69, 9.17) is 16.1 Å². The number of rotatable bonds is 3. The Balaban J connectivity index is 1.85. The monoisotopic (exact) mass is 344 g/mol. The average molecular weight is 345 g/mol. The smallest absolute Gasteiger partial charge is 0.307 e. The fraction of sp³-hybridized carbons (Fsp3) is 0.231. The molecule has 1 atom stereocenters. The van der Waals surface area contributed by atoms with Gasteiger partial charge in [-0.25, -0.2) is 0 Å². The van der Waals surface area contributed by atoms with Gasteiger partial charge in [-0.1, -0.05) is 28.9 Å². The predicted molar refractivity (Wildman–Crippen MR) is 77.7 cm³/mol. The van der Waals surface area contributed by atoms with Crippen LogP contribution in [0.4, 0.5) is 9.77 Å². The number of amides is 1. The highest BCUT2D eigenvalue weighted by atomic mass is 35.5. The summed E-state index contributed by atoms with van der Waals surface area (Å²) in [4.78, 5) is 12.9. The molecular weight excluding hydrogens is 335 g/mol. The van der Waals surface area contributed by atoms with E-state index in [1.54, 1.807) is 24.3 Å². The third kappa shape index (κ3) is 2.84. The van der Waals surface area contributed by atoms with Crippen LogP contribution in [0.15, 0.2) is 34.9 Å². The molecule has 0 bridgehead atoms. The van der Waals surface area contributed by atoms with E-state index < -0.39 is 27.8 Å². The molecule has 22 heavy (non-hydrogen) atoms. The van der Waals surface area contributed by atoms with Gasteiger partial charge in [0.25, 0.3) is 0 Å². The van der Waals surface area contributed by atoms with Crippen molar-refractivity contribution in [2.75, 3.05) is 11.4 Å². The number of aromatic nitrogens is 1. The van der Waals surface area contributed by atoms with Gasteiger partial charge in [0.05, 0.1) is 0 Å². The van der Waals surface area contributed by atoms with Crippen LogP contribution in [-0.4, -0.2) is 31.3 Å². The Bertz CT molecular complexity index is 819. The van der Waals surface area contributed by atoms with Crippen molar-refractivity contribution < 1.29 is 21.6 Å². The molecule has 1 fully saturated rings. The molecule has 1 aliphatic rings. The van der Waals surface area contributed by atoms with E-state index in [1.807, 2.05) is 0 Å². The summed E-state index contributed by atoms with van der Waals surface area (Å²) in [5, 5.41) is 3.02. The topological polar surface area (TPSA) is 80.5 Å². The number of carbonyl (C=O) groups is 1. The first-order valence-corrected chi connectivity index (χ1v) is 8.13. The molecule has 0 spiro atoms. The van der Waals surface area contributed by atoms with Crippen LogP contribution in [0.1, 0.15) is 6.42 Å². The maximum absolute atomic E-state index is 13.0. The van der Waals surface area contributed by atoms with Crippen LogP contribution in [-0.2, 0) is 15.0 Å². The largest absolute Gasteiger partial charge is 0.338 e. The summed E-state index contributed by atoms with van der Waals surface area (Å²) in [5.41, 5.74) is 1.19. The summed E-state index contributed by atoms with van der Waals surface area (Å²) in [6.07, 6.45) is -0.407. The third-order valence-corrected chi connectivity index (χ3v) is 4.76. The fourth-order valence-electron chi connectivity index (χ4n) is 2.23. The van der Waals surface area contributed by atoms with Crippen molar-refractivity contribution in [3.63, 3.8) is 0 Å². The van der Waals surface area contributed by atoms with E-state index in [1.165, 1.54) is 6.07 Å². The van der Waals surface area contributed by atoms with Crippen molar-refractivity contribution in [3.8, 4) is 11.3 Å². The van der Waals surface area contributed by atoms with Gasteiger partial charge < -0.3 is 4.52 Å². The Morgan fingerprint density at radius 1 is 1.32 bits per heavy atom. The zero-order valence-corrected chi connectivity index (χ0v) is 12.6. The van der Waals surface area contributed by atoms with Crippen LogP contribution in [0.2, 0.25) is 5.02 Å². The first kappa shape index (κ1) is 15.0. The molecule has 0 saturated carbocycles. The van der Waals surface area contributed by atoms with Gasteiger partial charge in [0, 0.05) is 29.6 Å². The van der Waals surface area contributed by atoms with Gasteiger partial charge in [0.2, 0.25) is 11.8 Å². The van der Waals surface area contributed by atoms with E-state index in [0.29, 0.717) is 10.7 Å². The lowest BCUT2D eigenvalue weighted by molar-refractivity contribution is -0.117. The number of benzene rings is 1. The normalized spacial score (nSPS) is 18.9. The summed E-state index contributed by atoms with van der Waals surface area (Å²) in [7, 11) is -4.77. The fourth-order valence-corrected chi connectivity index (χ4v) is 3.02. The zero-order chi connectivity index (χ0) is 15.9. The SMILES string of the molecule is O=C1CC(S(=O)(=O)F)CN1c1cc(-c2ccc(Cl)cc2)no1. The molecule has 9 heteroatoms. The van der Waals surface area contributed by atoms with Gasteiger partial charge >= 0.3 is 10.2 Å². The Kier molecular flexibility index (Phi) is 3.65. The lowest BCUT2D eigenvalue weighted by Crippen LogP contribution is -2.26. The molecule has 1 aromatic heterocycles. The summed E-state index contributed by atoms with van der Waals surface area (Å²) < 4.78 is 39.9. The second kappa shape index (κ2) is 5.36. The summed E-state index contributed by atoms with van der Waals surface area (Å²) >= 11 is 5.80. The molecule has 2 aromatic rings. The highest BCUT2D eigenvalue weighted by molar-refractivity contribution is 7.87. The van der Waals surface area contributed by atoms with Crippen molar-refractivity contribution in [2.45, 2.75) is 11.7 Å². The maximum atomic E-state index is 13.0. The molecule has 0 N–H and O–H groups in total. The van der Waals surface area contributed by atoms with Crippen LogP contribution in [0.3, 0.4) is 0 Å². The average Bonchev–Trinajstić information content (AvgIpc) is 3.05. The zero-order valence-electron chi connectivity index (χ0n) is 11.1. The molecule has 1 unspecified atom stereocenters. The minimum atomic E-state index is -4.77.